The fourth-order valence-electron chi connectivity index (χ4n) is 2.94. The van der Waals surface area contributed by atoms with Gasteiger partial charge in [-0.3, -0.25) is 9.59 Å². The van der Waals surface area contributed by atoms with E-state index in [1.807, 2.05) is 20.8 Å². The average Bonchev–Trinajstić information content (AvgIpc) is 2.45. The number of hydrogen-bond donors (Lipinski definition) is 1. The van der Waals surface area contributed by atoms with Crippen LogP contribution in [0.2, 0.25) is 0 Å². The molecule has 21 heavy (non-hydrogen) atoms. The molecule has 0 aromatic rings. The Kier molecular flexibility index (Phi) is 5.58. The van der Waals surface area contributed by atoms with Crippen LogP contribution in [0.15, 0.2) is 0 Å². The van der Waals surface area contributed by atoms with Crippen LogP contribution in [0.5, 0.6) is 0 Å². The number of nitrogens with zero attached hydrogens (tertiary/aromatic N) is 1. The molecule has 3 atom stereocenters. The largest absolute Gasteiger partial charge is 0.376 e. The van der Waals surface area contributed by atoms with Crippen LogP contribution in [-0.4, -0.2) is 61.3 Å². The first kappa shape index (κ1) is 16.2. The van der Waals surface area contributed by atoms with Gasteiger partial charge in [0.15, 0.2) is 0 Å². The van der Waals surface area contributed by atoms with Crippen LogP contribution in [0.3, 0.4) is 0 Å². The minimum Gasteiger partial charge on any atom is -0.376 e. The van der Waals surface area contributed by atoms with E-state index < -0.39 is 12.1 Å². The standard InChI is InChI=1S/C15H26N2O4/c1-4-13-14(18)16-12(7-10(2)3)15(19)17(13)8-11-9-20-5-6-21-11/h10-13H,4-9H2,1-3H3,(H,16,18). The van der Waals surface area contributed by atoms with Crippen molar-refractivity contribution in [2.45, 2.75) is 51.8 Å². The maximum atomic E-state index is 12.7. The highest BCUT2D eigenvalue weighted by Gasteiger charge is 2.40. The fraction of sp³-hybridized carbons (Fsp3) is 0.867. The summed E-state index contributed by atoms with van der Waals surface area (Å²) in [6.45, 7) is 8.08. The summed E-state index contributed by atoms with van der Waals surface area (Å²) in [5.74, 6) is 0.303. The predicted octanol–water partition coefficient (Wildman–Crippen LogP) is 0.554. The van der Waals surface area contributed by atoms with Crippen molar-refractivity contribution < 1.29 is 19.1 Å². The Balaban J connectivity index is 2.08. The van der Waals surface area contributed by atoms with Gasteiger partial charge in [-0.25, -0.2) is 0 Å². The molecule has 2 saturated heterocycles. The van der Waals surface area contributed by atoms with Crippen LogP contribution >= 0.6 is 0 Å². The Labute approximate surface area is 126 Å². The molecule has 6 nitrogen and oxygen atoms in total. The zero-order chi connectivity index (χ0) is 15.4. The molecule has 0 spiro atoms. The summed E-state index contributed by atoms with van der Waals surface area (Å²) in [7, 11) is 0. The van der Waals surface area contributed by atoms with E-state index >= 15 is 0 Å². The quantitative estimate of drug-likeness (QED) is 0.805. The number of rotatable bonds is 5. The summed E-state index contributed by atoms with van der Waals surface area (Å²) in [5, 5.41) is 2.86. The number of piperazine rings is 1. The van der Waals surface area contributed by atoms with Crippen molar-refractivity contribution in [3.05, 3.63) is 0 Å². The molecule has 6 heteroatoms. The highest BCUT2D eigenvalue weighted by molar-refractivity contribution is 5.96. The Morgan fingerprint density at radius 1 is 1.33 bits per heavy atom. The molecular weight excluding hydrogens is 272 g/mol. The van der Waals surface area contributed by atoms with E-state index in [-0.39, 0.29) is 17.9 Å². The van der Waals surface area contributed by atoms with Gasteiger partial charge in [0.25, 0.3) is 0 Å². The van der Waals surface area contributed by atoms with Gasteiger partial charge in [-0.2, -0.15) is 0 Å². The average molecular weight is 298 g/mol. The summed E-state index contributed by atoms with van der Waals surface area (Å²) in [6.07, 6.45) is 1.14. The third kappa shape index (κ3) is 3.95. The van der Waals surface area contributed by atoms with Crippen molar-refractivity contribution in [2.75, 3.05) is 26.4 Å². The van der Waals surface area contributed by atoms with Crippen molar-refractivity contribution in [2.24, 2.45) is 5.92 Å². The van der Waals surface area contributed by atoms with Gasteiger partial charge in [0, 0.05) is 0 Å². The molecule has 0 aromatic carbocycles. The minimum absolute atomic E-state index is 0.00400. The SMILES string of the molecule is CCC1C(=O)NC(CC(C)C)C(=O)N1CC1COCCO1. The first-order valence-electron chi connectivity index (χ1n) is 7.83. The molecule has 2 aliphatic rings. The third-order valence-electron chi connectivity index (χ3n) is 3.96. The van der Waals surface area contributed by atoms with E-state index in [0.717, 1.165) is 0 Å². The summed E-state index contributed by atoms with van der Waals surface area (Å²) in [5.41, 5.74) is 0. The zero-order valence-electron chi connectivity index (χ0n) is 13.1. The first-order valence-corrected chi connectivity index (χ1v) is 7.83. The first-order chi connectivity index (χ1) is 10.0. The number of carbonyl (C=O) groups excluding carboxylic acids is 2. The molecule has 0 aromatic heterocycles. The Bertz CT molecular complexity index is 380. The van der Waals surface area contributed by atoms with Gasteiger partial charge in [-0.15, -0.1) is 0 Å². The molecule has 0 bridgehead atoms. The molecule has 1 N–H and O–H groups in total. The lowest BCUT2D eigenvalue weighted by molar-refractivity contribution is -0.156. The number of hydrogen-bond acceptors (Lipinski definition) is 4. The second kappa shape index (κ2) is 7.22. The maximum Gasteiger partial charge on any atom is 0.245 e. The van der Waals surface area contributed by atoms with Crippen LogP contribution in [0.1, 0.15) is 33.6 Å². The van der Waals surface area contributed by atoms with Crippen LogP contribution in [0.25, 0.3) is 0 Å². The topological polar surface area (TPSA) is 67.9 Å². The second-order valence-corrected chi connectivity index (χ2v) is 6.17. The summed E-state index contributed by atoms with van der Waals surface area (Å²) < 4.78 is 11.0. The van der Waals surface area contributed by atoms with Crippen molar-refractivity contribution in [1.29, 1.82) is 0 Å². The summed E-state index contributed by atoms with van der Waals surface area (Å²) >= 11 is 0. The van der Waals surface area contributed by atoms with Crippen molar-refractivity contribution >= 4 is 11.8 Å². The van der Waals surface area contributed by atoms with Crippen molar-refractivity contribution in [1.82, 2.24) is 10.2 Å². The van der Waals surface area contributed by atoms with Gasteiger partial charge in [-0.05, 0) is 18.8 Å². The van der Waals surface area contributed by atoms with E-state index in [1.165, 1.54) is 0 Å². The third-order valence-corrected chi connectivity index (χ3v) is 3.96. The lowest BCUT2D eigenvalue weighted by Crippen LogP contribution is -2.64. The van der Waals surface area contributed by atoms with Gasteiger partial charge in [0.05, 0.1) is 32.5 Å². The van der Waals surface area contributed by atoms with Gasteiger partial charge in [-0.1, -0.05) is 20.8 Å². The Morgan fingerprint density at radius 3 is 2.67 bits per heavy atom. The van der Waals surface area contributed by atoms with E-state index in [2.05, 4.69) is 5.32 Å². The molecule has 2 amide bonds. The molecular formula is C15H26N2O4. The highest BCUT2D eigenvalue weighted by Crippen LogP contribution is 2.19. The van der Waals surface area contributed by atoms with Gasteiger partial charge < -0.3 is 19.7 Å². The van der Waals surface area contributed by atoms with Crippen molar-refractivity contribution in [3.8, 4) is 0 Å². The van der Waals surface area contributed by atoms with Crippen LogP contribution < -0.4 is 5.32 Å². The maximum absolute atomic E-state index is 12.7. The monoisotopic (exact) mass is 298 g/mol. The molecule has 0 aliphatic carbocycles. The molecule has 0 saturated carbocycles. The number of ether oxygens (including phenoxy) is 2. The highest BCUT2D eigenvalue weighted by atomic mass is 16.6. The summed E-state index contributed by atoms with van der Waals surface area (Å²) in [4.78, 5) is 26.6. The molecule has 120 valence electrons. The summed E-state index contributed by atoms with van der Waals surface area (Å²) in [6, 6.07) is -0.809. The van der Waals surface area contributed by atoms with Crippen LogP contribution in [0, 0.1) is 5.92 Å². The number of carbonyl (C=O) groups is 2. The Morgan fingerprint density at radius 2 is 2.10 bits per heavy atom. The van der Waals surface area contributed by atoms with Gasteiger partial charge >= 0.3 is 0 Å². The van der Waals surface area contributed by atoms with Crippen molar-refractivity contribution in [3.63, 3.8) is 0 Å². The molecule has 2 fully saturated rings. The lowest BCUT2D eigenvalue weighted by Gasteiger charge is -2.41. The van der Waals surface area contributed by atoms with Crippen LogP contribution in [-0.2, 0) is 19.1 Å². The molecule has 3 unspecified atom stereocenters. The second-order valence-electron chi connectivity index (χ2n) is 6.17. The molecule has 2 rings (SSSR count). The van der Waals surface area contributed by atoms with Gasteiger partial charge in [0.1, 0.15) is 12.1 Å². The van der Waals surface area contributed by atoms with E-state index in [4.69, 9.17) is 9.47 Å². The van der Waals surface area contributed by atoms with E-state index in [1.54, 1.807) is 4.90 Å². The van der Waals surface area contributed by atoms with Crippen LogP contribution in [0.4, 0.5) is 0 Å². The minimum atomic E-state index is -0.412. The number of amides is 2. The molecule has 0 radical (unpaired) electrons. The fourth-order valence-corrected chi connectivity index (χ4v) is 2.94. The zero-order valence-corrected chi connectivity index (χ0v) is 13.1. The molecule has 2 heterocycles. The Hall–Kier alpha value is -1.14. The predicted molar refractivity (Wildman–Crippen MR) is 77.7 cm³/mol. The van der Waals surface area contributed by atoms with Gasteiger partial charge in [0.2, 0.25) is 11.8 Å². The lowest BCUT2D eigenvalue weighted by atomic mass is 9.97. The normalized spacial score (nSPS) is 30.7. The molecule has 2 aliphatic heterocycles. The van der Waals surface area contributed by atoms with E-state index in [0.29, 0.717) is 45.1 Å². The van der Waals surface area contributed by atoms with E-state index in [9.17, 15) is 9.59 Å². The number of nitrogens with one attached hydrogen (secondary N) is 1. The smallest absolute Gasteiger partial charge is 0.245 e.